The van der Waals surface area contributed by atoms with Crippen molar-refractivity contribution >= 4 is 39.7 Å². The van der Waals surface area contributed by atoms with Gasteiger partial charge in [-0.1, -0.05) is 0 Å². The van der Waals surface area contributed by atoms with Crippen molar-refractivity contribution in [2.75, 3.05) is 0 Å². The average Bonchev–Trinajstić information content (AvgIpc) is 2.76. The minimum absolute atomic E-state index is 0.116. The van der Waals surface area contributed by atoms with Crippen LogP contribution in [0.2, 0.25) is 0 Å². The molecule has 0 aliphatic carbocycles. The maximum Gasteiger partial charge on any atom is 0.272 e. The summed E-state index contributed by atoms with van der Waals surface area (Å²) in [6.07, 6.45) is 0.116. The first kappa shape index (κ1) is 12.0. The van der Waals surface area contributed by atoms with E-state index in [0.717, 1.165) is 5.52 Å². The standard InChI is InChI=1S/C9H10N4O2S2/c10-12-6(14)1-3-13-8(15)7-5(2-4-17-7)11-9(13)16/h2,4H,1,3,10H2,(H,11,16)(H,12,14). The normalized spacial score (nSPS) is 10.6. The molecular formula is C9H10N4O2S2. The molecule has 0 fully saturated rings. The van der Waals surface area contributed by atoms with Gasteiger partial charge in [0.25, 0.3) is 5.56 Å². The molecule has 0 bridgehead atoms. The number of hydrogen-bond donors (Lipinski definition) is 3. The molecule has 0 aliphatic heterocycles. The summed E-state index contributed by atoms with van der Waals surface area (Å²) in [5, 5.41) is 1.81. The fraction of sp³-hybridized carbons (Fsp3) is 0.222. The van der Waals surface area contributed by atoms with Gasteiger partial charge in [-0.15, -0.1) is 11.3 Å². The van der Waals surface area contributed by atoms with Crippen LogP contribution >= 0.6 is 23.6 Å². The number of amides is 1. The maximum absolute atomic E-state index is 12.0. The van der Waals surface area contributed by atoms with Gasteiger partial charge in [-0.3, -0.25) is 19.6 Å². The van der Waals surface area contributed by atoms with E-state index in [1.54, 1.807) is 6.07 Å². The van der Waals surface area contributed by atoms with Crippen molar-refractivity contribution in [3.05, 3.63) is 26.6 Å². The molecule has 2 aromatic heterocycles. The molecule has 2 heterocycles. The molecular weight excluding hydrogens is 260 g/mol. The fourth-order valence-electron chi connectivity index (χ4n) is 1.46. The lowest BCUT2D eigenvalue weighted by Gasteiger charge is -2.05. The van der Waals surface area contributed by atoms with Gasteiger partial charge in [-0.2, -0.15) is 0 Å². The molecule has 1 amide bonds. The Bertz CT molecular complexity index is 669. The smallest absolute Gasteiger partial charge is 0.272 e. The first-order valence-corrected chi connectivity index (χ1v) is 6.12. The zero-order valence-electron chi connectivity index (χ0n) is 8.73. The van der Waals surface area contributed by atoms with Crippen molar-refractivity contribution in [3.8, 4) is 0 Å². The molecule has 0 aromatic carbocycles. The Morgan fingerprint density at radius 1 is 1.65 bits per heavy atom. The number of aromatic nitrogens is 2. The number of carbonyl (C=O) groups excluding carboxylic acids is 1. The van der Waals surface area contributed by atoms with Crippen molar-refractivity contribution in [1.82, 2.24) is 15.0 Å². The van der Waals surface area contributed by atoms with Crippen LogP contribution in [0.1, 0.15) is 6.42 Å². The van der Waals surface area contributed by atoms with Gasteiger partial charge >= 0.3 is 0 Å². The molecule has 2 aromatic rings. The maximum atomic E-state index is 12.0. The van der Waals surface area contributed by atoms with Crippen molar-refractivity contribution in [1.29, 1.82) is 0 Å². The number of hydrazine groups is 1. The molecule has 0 saturated heterocycles. The van der Waals surface area contributed by atoms with E-state index in [1.807, 2.05) is 10.8 Å². The van der Waals surface area contributed by atoms with Crippen LogP contribution in [0, 0.1) is 4.77 Å². The highest BCUT2D eigenvalue weighted by molar-refractivity contribution is 7.71. The summed E-state index contributed by atoms with van der Waals surface area (Å²) in [5.74, 6) is 4.63. The summed E-state index contributed by atoms with van der Waals surface area (Å²) in [7, 11) is 0. The summed E-state index contributed by atoms with van der Waals surface area (Å²) < 4.78 is 2.28. The minimum Gasteiger partial charge on any atom is -0.331 e. The van der Waals surface area contributed by atoms with Crippen molar-refractivity contribution in [3.63, 3.8) is 0 Å². The van der Waals surface area contributed by atoms with Gasteiger partial charge < -0.3 is 4.98 Å². The van der Waals surface area contributed by atoms with E-state index in [0.29, 0.717) is 9.47 Å². The molecule has 17 heavy (non-hydrogen) atoms. The Kier molecular flexibility index (Phi) is 3.36. The lowest BCUT2D eigenvalue weighted by molar-refractivity contribution is -0.121. The quantitative estimate of drug-likeness (QED) is 0.328. The summed E-state index contributed by atoms with van der Waals surface area (Å²) in [6, 6.07) is 1.80. The second-order valence-electron chi connectivity index (χ2n) is 3.37. The largest absolute Gasteiger partial charge is 0.331 e. The zero-order valence-corrected chi connectivity index (χ0v) is 10.4. The topological polar surface area (TPSA) is 92.9 Å². The molecule has 90 valence electrons. The van der Waals surface area contributed by atoms with E-state index in [1.165, 1.54) is 15.9 Å². The number of H-pyrrole nitrogens is 1. The van der Waals surface area contributed by atoms with Gasteiger partial charge in [0.05, 0.1) is 5.52 Å². The minimum atomic E-state index is -0.336. The van der Waals surface area contributed by atoms with Crippen LogP contribution in [0.5, 0.6) is 0 Å². The van der Waals surface area contributed by atoms with Gasteiger partial charge in [-0.25, -0.2) is 5.84 Å². The summed E-state index contributed by atoms with van der Waals surface area (Å²) in [6.45, 7) is 0.213. The molecule has 6 nitrogen and oxygen atoms in total. The highest BCUT2D eigenvalue weighted by Gasteiger charge is 2.07. The third kappa shape index (κ3) is 2.28. The number of rotatable bonds is 3. The Labute approximate surface area is 105 Å². The van der Waals surface area contributed by atoms with E-state index < -0.39 is 0 Å². The summed E-state index contributed by atoms with van der Waals surface area (Å²) >= 11 is 6.41. The van der Waals surface area contributed by atoms with Gasteiger partial charge in [0.1, 0.15) is 4.70 Å². The molecule has 0 unspecified atom stereocenters. The molecule has 0 atom stereocenters. The van der Waals surface area contributed by atoms with E-state index >= 15 is 0 Å². The summed E-state index contributed by atoms with van der Waals surface area (Å²) in [5.41, 5.74) is 2.56. The van der Waals surface area contributed by atoms with Crippen molar-refractivity contribution in [2.24, 2.45) is 5.84 Å². The van der Waals surface area contributed by atoms with Crippen LogP contribution in [0.3, 0.4) is 0 Å². The van der Waals surface area contributed by atoms with Gasteiger partial charge in [0.2, 0.25) is 5.91 Å². The van der Waals surface area contributed by atoms with Gasteiger partial charge in [-0.05, 0) is 23.7 Å². The number of hydrogen-bond acceptors (Lipinski definition) is 5. The first-order chi connectivity index (χ1) is 8.13. The Morgan fingerprint density at radius 2 is 2.41 bits per heavy atom. The van der Waals surface area contributed by atoms with Gasteiger partial charge in [0, 0.05) is 13.0 Å². The average molecular weight is 270 g/mol. The zero-order chi connectivity index (χ0) is 12.4. The Balaban J connectivity index is 2.43. The van der Waals surface area contributed by atoms with E-state index in [9.17, 15) is 9.59 Å². The number of nitrogens with two attached hydrogens (primary N) is 1. The molecule has 2 rings (SSSR count). The fourth-order valence-corrected chi connectivity index (χ4v) is 2.54. The van der Waals surface area contributed by atoms with E-state index in [4.69, 9.17) is 18.1 Å². The highest BCUT2D eigenvalue weighted by atomic mass is 32.1. The number of nitrogens with zero attached hydrogens (tertiary/aromatic N) is 1. The number of thiophene rings is 1. The molecule has 0 spiro atoms. The third-order valence-electron chi connectivity index (χ3n) is 2.31. The number of aromatic amines is 1. The van der Waals surface area contributed by atoms with Gasteiger partial charge in [0.15, 0.2) is 4.77 Å². The first-order valence-electron chi connectivity index (χ1n) is 4.83. The molecule has 4 N–H and O–H groups in total. The number of nitrogens with one attached hydrogen (secondary N) is 2. The third-order valence-corrected chi connectivity index (χ3v) is 3.54. The molecule has 8 heteroatoms. The second-order valence-corrected chi connectivity index (χ2v) is 4.67. The molecule has 0 aliphatic rings. The molecule has 0 saturated carbocycles. The monoisotopic (exact) mass is 270 g/mol. The van der Waals surface area contributed by atoms with Crippen LogP contribution < -0.4 is 16.8 Å². The summed E-state index contributed by atoms with van der Waals surface area (Å²) in [4.78, 5) is 26.0. The SMILES string of the molecule is NNC(=O)CCn1c(=S)[nH]c2ccsc2c1=O. The molecule has 0 radical (unpaired) electrons. The van der Waals surface area contributed by atoms with Crippen LogP contribution in [0.4, 0.5) is 0 Å². The highest BCUT2D eigenvalue weighted by Crippen LogP contribution is 2.13. The predicted octanol–water partition coefficient (Wildman–Crippen LogP) is 0.501. The number of carbonyl (C=O) groups is 1. The lowest BCUT2D eigenvalue weighted by atomic mass is 10.4. The van der Waals surface area contributed by atoms with Crippen LogP contribution in [-0.2, 0) is 11.3 Å². The van der Waals surface area contributed by atoms with Crippen molar-refractivity contribution < 1.29 is 4.79 Å². The van der Waals surface area contributed by atoms with Crippen molar-refractivity contribution in [2.45, 2.75) is 13.0 Å². The Morgan fingerprint density at radius 3 is 3.12 bits per heavy atom. The van der Waals surface area contributed by atoms with Crippen LogP contribution in [-0.4, -0.2) is 15.5 Å². The van der Waals surface area contributed by atoms with Crippen LogP contribution in [0.15, 0.2) is 16.2 Å². The number of fused-ring (bicyclic) bond motifs is 1. The van der Waals surface area contributed by atoms with E-state index in [-0.39, 0.29) is 24.4 Å². The van der Waals surface area contributed by atoms with E-state index in [2.05, 4.69) is 4.98 Å². The lowest BCUT2D eigenvalue weighted by Crippen LogP contribution is -2.32. The predicted molar refractivity (Wildman–Crippen MR) is 68.2 cm³/mol. The van der Waals surface area contributed by atoms with Crippen LogP contribution in [0.25, 0.3) is 10.2 Å². The second kappa shape index (κ2) is 4.78. The Hall–Kier alpha value is -1.51.